The number of fused-ring (bicyclic) bond motifs is 2. The number of piperidine rings is 1. The van der Waals surface area contributed by atoms with Crippen LogP contribution in [0.2, 0.25) is 0 Å². The van der Waals surface area contributed by atoms with Gasteiger partial charge in [-0.05, 0) is 43.6 Å². The molecule has 0 amide bonds. The minimum atomic E-state index is -0.648. The number of aliphatic hydroxyl groups is 1. The molecule has 32 heavy (non-hydrogen) atoms. The molecule has 1 aromatic rings. The van der Waals surface area contributed by atoms with Crippen molar-refractivity contribution in [3.8, 4) is 0 Å². The fourth-order valence-electron chi connectivity index (χ4n) is 8.03. The summed E-state index contributed by atoms with van der Waals surface area (Å²) in [7, 11) is 0. The highest BCUT2D eigenvalue weighted by molar-refractivity contribution is 5.76. The van der Waals surface area contributed by atoms with Gasteiger partial charge < -0.3 is 19.5 Å². The third-order valence-electron chi connectivity index (χ3n) is 9.81. The standard InChI is InChI=1S/C27H37NO4/c1-18-7-6-10-25(2)16-21-22(23-27(18,25)32-23)20(24(29)31-21)17-28-13-11-26(30,12-14-28)15-19-8-4-3-5-9-19/h3-5,8-9,18,20-23,30H,6-7,10-17H2,1-2H3/t18-,20+,21+,22+,23-,25+,27-/m0/s1. The van der Waals surface area contributed by atoms with Crippen LogP contribution >= 0.6 is 0 Å². The van der Waals surface area contributed by atoms with Crippen molar-refractivity contribution in [3.63, 3.8) is 0 Å². The van der Waals surface area contributed by atoms with Crippen LogP contribution in [0.15, 0.2) is 30.3 Å². The number of benzene rings is 1. The van der Waals surface area contributed by atoms with Crippen molar-refractivity contribution in [1.29, 1.82) is 0 Å². The molecule has 0 unspecified atom stereocenters. The summed E-state index contributed by atoms with van der Waals surface area (Å²) in [6, 6.07) is 10.3. The second-order valence-corrected chi connectivity index (χ2v) is 11.7. The fraction of sp³-hybridized carbons (Fsp3) is 0.741. The second kappa shape index (κ2) is 7.28. The van der Waals surface area contributed by atoms with E-state index in [1.807, 2.05) is 18.2 Å². The first kappa shape index (κ1) is 21.1. The number of carbonyl (C=O) groups excluding carboxylic acids is 1. The summed E-state index contributed by atoms with van der Waals surface area (Å²) in [6.07, 6.45) is 7.02. The van der Waals surface area contributed by atoms with Crippen molar-refractivity contribution in [3.05, 3.63) is 35.9 Å². The van der Waals surface area contributed by atoms with Crippen LogP contribution in [0.4, 0.5) is 0 Å². The quantitative estimate of drug-likeness (QED) is 0.574. The van der Waals surface area contributed by atoms with Crippen LogP contribution in [0.25, 0.3) is 0 Å². The Morgan fingerprint density at radius 2 is 1.91 bits per heavy atom. The predicted molar refractivity (Wildman–Crippen MR) is 121 cm³/mol. The van der Waals surface area contributed by atoms with E-state index in [-0.39, 0.29) is 41.0 Å². The zero-order valence-electron chi connectivity index (χ0n) is 19.5. The van der Waals surface area contributed by atoms with Gasteiger partial charge in [-0.15, -0.1) is 0 Å². The second-order valence-electron chi connectivity index (χ2n) is 11.7. The van der Waals surface area contributed by atoms with Gasteiger partial charge in [0.25, 0.3) is 0 Å². The lowest BCUT2D eigenvalue weighted by atomic mass is 9.53. The molecule has 2 aliphatic carbocycles. The Hall–Kier alpha value is -1.43. The smallest absolute Gasteiger partial charge is 0.311 e. The van der Waals surface area contributed by atoms with Gasteiger partial charge in [-0.2, -0.15) is 0 Å². The topological polar surface area (TPSA) is 62.3 Å². The van der Waals surface area contributed by atoms with Gasteiger partial charge in [-0.25, -0.2) is 0 Å². The highest BCUT2D eigenvalue weighted by atomic mass is 16.6. The first-order valence-electron chi connectivity index (χ1n) is 12.7. The van der Waals surface area contributed by atoms with Crippen LogP contribution in [0.1, 0.15) is 57.9 Å². The number of carbonyl (C=O) groups is 1. The molecule has 1 N–H and O–H groups in total. The number of epoxide rings is 1. The zero-order chi connectivity index (χ0) is 22.1. The Bertz CT molecular complexity index is 881. The molecule has 1 spiro atoms. The molecule has 0 radical (unpaired) electrons. The summed E-state index contributed by atoms with van der Waals surface area (Å²) < 4.78 is 12.6. The van der Waals surface area contributed by atoms with E-state index in [9.17, 15) is 9.90 Å². The van der Waals surface area contributed by atoms with Crippen molar-refractivity contribution in [1.82, 2.24) is 4.90 Å². The molecular weight excluding hydrogens is 402 g/mol. The van der Waals surface area contributed by atoms with E-state index < -0.39 is 5.60 Å². The first-order chi connectivity index (χ1) is 15.3. The molecule has 5 heteroatoms. The van der Waals surface area contributed by atoms with Crippen LogP contribution in [-0.4, -0.2) is 59.0 Å². The van der Waals surface area contributed by atoms with Gasteiger partial charge in [0.15, 0.2) is 0 Å². The van der Waals surface area contributed by atoms with Gasteiger partial charge in [0, 0.05) is 37.4 Å². The van der Waals surface area contributed by atoms with Crippen LogP contribution in [0.5, 0.6) is 0 Å². The normalized spacial score (nSPS) is 44.8. The maximum absolute atomic E-state index is 13.0. The lowest BCUT2D eigenvalue weighted by Crippen LogP contribution is -2.55. The van der Waals surface area contributed by atoms with E-state index in [0.717, 1.165) is 38.9 Å². The van der Waals surface area contributed by atoms with Crippen molar-refractivity contribution >= 4 is 5.97 Å². The Labute approximate surface area is 191 Å². The summed E-state index contributed by atoms with van der Waals surface area (Å²) in [6.45, 7) is 7.12. The number of hydrogen-bond donors (Lipinski definition) is 1. The van der Waals surface area contributed by atoms with E-state index in [1.54, 1.807) is 0 Å². The molecule has 174 valence electrons. The third-order valence-corrected chi connectivity index (χ3v) is 9.81. The van der Waals surface area contributed by atoms with Crippen LogP contribution in [0, 0.1) is 23.2 Å². The van der Waals surface area contributed by atoms with Gasteiger partial charge in [0.2, 0.25) is 0 Å². The molecule has 2 saturated carbocycles. The molecule has 0 aromatic heterocycles. The average Bonchev–Trinajstić information content (AvgIpc) is 3.45. The van der Waals surface area contributed by atoms with Crippen molar-refractivity contribution < 1.29 is 19.4 Å². The lowest BCUT2D eigenvalue weighted by molar-refractivity contribution is -0.146. The molecule has 5 aliphatic rings. The molecule has 5 fully saturated rings. The summed E-state index contributed by atoms with van der Waals surface area (Å²) in [5.41, 5.74) is 0.653. The van der Waals surface area contributed by atoms with Crippen molar-refractivity contribution in [2.45, 2.75) is 82.2 Å². The minimum Gasteiger partial charge on any atom is -0.462 e. The van der Waals surface area contributed by atoms with E-state index >= 15 is 0 Å². The van der Waals surface area contributed by atoms with Crippen LogP contribution < -0.4 is 0 Å². The van der Waals surface area contributed by atoms with Gasteiger partial charge in [-0.3, -0.25) is 4.79 Å². The zero-order valence-corrected chi connectivity index (χ0v) is 19.5. The maximum atomic E-state index is 13.0. The van der Waals surface area contributed by atoms with Crippen LogP contribution in [0.3, 0.4) is 0 Å². The molecule has 0 bridgehead atoms. The predicted octanol–water partition coefficient (Wildman–Crippen LogP) is 3.58. The minimum absolute atomic E-state index is 0.0169. The number of nitrogens with zero attached hydrogens (tertiary/aromatic N) is 1. The summed E-state index contributed by atoms with van der Waals surface area (Å²) in [5, 5.41) is 11.1. The number of hydrogen-bond acceptors (Lipinski definition) is 5. The van der Waals surface area contributed by atoms with Gasteiger partial charge >= 0.3 is 5.97 Å². The van der Waals surface area contributed by atoms with Crippen molar-refractivity contribution in [2.75, 3.05) is 19.6 Å². The van der Waals surface area contributed by atoms with E-state index in [2.05, 4.69) is 30.9 Å². The van der Waals surface area contributed by atoms with Crippen molar-refractivity contribution in [2.24, 2.45) is 23.2 Å². The van der Waals surface area contributed by atoms with E-state index in [1.165, 1.54) is 24.8 Å². The molecule has 3 heterocycles. The molecule has 6 rings (SSSR count). The number of rotatable bonds is 4. The highest BCUT2D eigenvalue weighted by Gasteiger charge is 2.78. The first-order valence-corrected chi connectivity index (χ1v) is 12.7. The monoisotopic (exact) mass is 439 g/mol. The molecule has 1 aromatic carbocycles. The molecule has 7 atom stereocenters. The fourth-order valence-corrected chi connectivity index (χ4v) is 8.03. The Morgan fingerprint density at radius 1 is 1.16 bits per heavy atom. The number of ether oxygens (including phenoxy) is 2. The number of likely N-dealkylation sites (tertiary alicyclic amines) is 1. The van der Waals surface area contributed by atoms with Gasteiger partial charge in [0.05, 0.1) is 17.6 Å². The van der Waals surface area contributed by atoms with Crippen LogP contribution in [-0.2, 0) is 20.7 Å². The SMILES string of the molecule is C[C@H]1CCC[C@]2(C)C[C@H]3OC(=O)[C@H](CN4CCC(O)(Cc5ccccc5)CC4)[C@H]3[C@@H]3O[C@@]132. The summed E-state index contributed by atoms with van der Waals surface area (Å²) in [5.74, 6) is 0.641. The van der Waals surface area contributed by atoms with E-state index in [4.69, 9.17) is 9.47 Å². The molecule has 3 saturated heterocycles. The van der Waals surface area contributed by atoms with Gasteiger partial charge in [0.1, 0.15) is 11.7 Å². The van der Waals surface area contributed by atoms with E-state index in [0.29, 0.717) is 12.3 Å². The lowest BCUT2D eigenvalue weighted by Gasteiger charge is -2.49. The summed E-state index contributed by atoms with van der Waals surface area (Å²) >= 11 is 0. The maximum Gasteiger partial charge on any atom is 0.311 e. The highest BCUT2D eigenvalue weighted by Crippen LogP contribution is 2.70. The molecule has 5 nitrogen and oxygen atoms in total. The average molecular weight is 440 g/mol. The third kappa shape index (κ3) is 3.11. The molecule has 3 aliphatic heterocycles. The summed E-state index contributed by atoms with van der Waals surface area (Å²) in [4.78, 5) is 15.4. The Kier molecular flexibility index (Phi) is 4.81. The number of esters is 1. The Balaban J connectivity index is 1.12. The van der Waals surface area contributed by atoms with Gasteiger partial charge in [-0.1, -0.05) is 50.6 Å². The Morgan fingerprint density at radius 3 is 2.66 bits per heavy atom. The molecular formula is C27H37NO4. The largest absolute Gasteiger partial charge is 0.462 e.